The second kappa shape index (κ2) is 5.85. The maximum Gasteiger partial charge on any atom is 0.328 e. The van der Waals surface area contributed by atoms with Crippen molar-refractivity contribution in [2.45, 2.75) is 12.5 Å². The molecule has 86 valence electrons. The van der Waals surface area contributed by atoms with Crippen LogP contribution < -0.4 is 0 Å². The largest absolute Gasteiger partial charge is 0.478 e. The Kier molecular flexibility index (Phi) is 4.74. The summed E-state index contributed by atoms with van der Waals surface area (Å²) in [7, 11) is 0. The standard InChI is InChI=1S/C10H17NO4/c12-7-8-6-11(5-3-9(8)13)4-1-2-10(14)15/h1-2,8-9,12-13H,3-7H2,(H,14,15). The fraction of sp³-hybridized carbons (Fsp3) is 0.700. The summed E-state index contributed by atoms with van der Waals surface area (Å²) in [6, 6.07) is 0. The molecular formula is C10H17NO4. The number of carbonyl (C=O) groups is 1. The first-order chi connectivity index (χ1) is 7.13. The molecule has 15 heavy (non-hydrogen) atoms. The average Bonchev–Trinajstić information content (AvgIpc) is 2.20. The summed E-state index contributed by atoms with van der Waals surface area (Å²) in [5, 5.41) is 26.9. The van der Waals surface area contributed by atoms with Gasteiger partial charge >= 0.3 is 5.97 Å². The molecule has 0 aromatic heterocycles. The van der Waals surface area contributed by atoms with E-state index in [0.717, 1.165) is 12.6 Å². The molecule has 5 nitrogen and oxygen atoms in total. The highest BCUT2D eigenvalue weighted by Crippen LogP contribution is 2.16. The maximum atomic E-state index is 10.2. The zero-order valence-electron chi connectivity index (χ0n) is 8.54. The van der Waals surface area contributed by atoms with Crippen LogP contribution in [0.5, 0.6) is 0 Å². The Morgan fingerprint density at radius 2 is 2.27 bits per heavy atom. The lowest BCUT2D eigenvalue weighted by Gasteiger charge is -2.34. The van der Waals surface area contributed by atoms with Gasteiger partial charge in [-0.3, -0.25) is 4.90 Å². The van der Waals surface area contributed by atoms with Gasteiger partial charge in [0.15, 0.2) is 0 Å². The van der Waals surface area contributed by atoms with Crippen molar-refractivity contribution in [3.05, 3.63) is 12.2 Å². The van der Waals surface area contributed by atoms with E-state index in [9.17, 15) is 9.90 Å². The highest BCUT2D eigenvalue weighted by atomic mass is 16.4. The van der Waals surface area contributed by atoms with Crippen LogP contribution in [0, 0.1) is 5.92 Å². The normalized spacial score (nSPS) is 28.4. The van der Waals surface area contributed by atoms with Gasteiger partial charge in [-0.25, -0.2) is 4.79 Å². The van der Waals surface area contributed by atoms with Crippen molar-refractivity contribution in [3.63, 3.8) is 0 Å². The molecule has 0 radical (unpaired) electrons. The van der Waals surface area contributed by atoms with Gasteiger partial charge in [0.1, 0.15) is 0 Å². The summed E-state index contributed by atoms with van der Waals surface area (Å²) >= 11 is 0. The van der Waals surface area contributed by atoms with Crippen LogP contribution in [0.1, 0.15) is 6.42 Å². The molecule has 1 aliphatic heterocycles. The molecule has 1 saturated heterocycles. The van der Waals surface area contributed by atoms with E-state index in [2.05, 4.69) is 0 Å². The SMILES string of the molecule is O=C(O)C=CCN1CCC(O)C(CO)C1. The van der Waals surface area contributed by atoms with Gasteiger partial charge in [0.2, 0.25) is 0 Å². The third kappa shape index (κ3) is 3.99. The van der Waals surface area contributed by atoms with E-state index >= 15 is 0 Å². The highest BCUT2D eigenvalue weighted by Gasteiger charge is 2.26. The van der Waals surface area contributed by atoms with E-state index < -0.39 is 12.1 Å². The van der Waals surface area contributed by atoms with E-state index in [4.69, 9.17) is 10.2 Å². The van der Waals surface area contributed by atoms with Gasteiger partial charge < -0.3 is 15.3 Å². The molecule has 0 aromatic carbocycles. The molecule has 0 bridgehead atoms. The van der Waals surface area contributed by atoms with Crippen molar-refractivity contribution in [2.24, 2.45) is 5.92 Å². The van der Waals surface area contributed by atoms with E-state index in [-0.39, 0.29) is 12.5 Å². The topological polar surface area (TPSA) is 81.0 Å². The Balaban J connectivity index is 2.35. The van der Waals surface area contributed by atoms with Gasteiger partial charge in [-0.2, -0.15) is 0 Å². The van der Waals surface area contributed by atoms with Crippen molar-refractivity contribution in [1.82, 2.24) is 4.90 Å². The van der Waals surface area contributed by atoms with Crippen LogP contribution in [0.25, 0.3) is 0 Å². The van der Waals surface area contributed by atoms with Crippen LogP contribution in [0.2, 0.25) is 0 Å². The molecular weight excluding hydrogens is 198 g/mol. The molecule has 0 amide bonds. The van der Waals surface area contributed by atoms with E-state index in [1.54, 1.807) is 6.08 Å². The number of aliphatic hydroxyl groups excluding tert-OH is 2. The van der Waals surface area contributed by atoms with Crippen LogP contribution in [0.4, 0.5) is 0 Å². The number of carboxylic acid groups (broad SMARTS) is 1. The lowest BCUT2D eigenvalue weighted by Crippen LogP contribution is -2.44. The molecule has 2 unspecified atom stereocenters. The van der Waals surface area contributed by atoms with Crippen LogP contribution in [-0.2, 0) is 4.79 Å². The van der Waals surface area contributed by atoms with Gasteiger partial charge in [0, 0.05) is 38.2 Å². The molecule has 3 N–H and O–H groups in total. The molecule has 0 aromatic rings. The number of aliphatic carboxylic acids is 1. The minimum Gasteiger partial charge on any atom is -0.478 e. The first-order valence-electron chi connectivity index (χ1n) is 5.04. The number of likely N-dealkylation sites (tertiary alicyclic amines) is 1. The van der Waals surface area contributed by atoms with E-state index in [0.29, 0.717) is 19.5 Å². The van der Waals surface area contributed by atoms with Gasteiger partial charge in [0.05, 0.1) is 6.10 Å². The molecule has 0 spiro atoms. The van der Waals surface area contributed by atoms with Gasteiger partial charge in [0.25, 0.3) is 0 Å². The smallest absolute Gasteiger partial charge is 0.328 e. The Bertz CT molecular complexity index is 242. The Hall–Kier alpha value is -0.910. The van der Waals surface area contributed by atoms with Crippen LogP contribution >= 0.6 is 0 Å². The number of rotatable bonds is 4. The molecule has 2 atom stereocenters. The third-order valence-corrected chi connectivity index (χ3v) is 2.64. The van der Waals surface area contributed by atoms with E-state index in [1.165, 1.54) is 0 Å². The summed E-state index contributed by atoms with van der Waals surface area (Å²) in [5.41, 5.74) is 0. The van der Waals surface area contributed by atoms with Crippen molar-refractivity contribution < 1.29 is 20.1 Å². The molecule has 1 heterocycles. The predicted molar refractivity (Wildman–Crippen MR) is 54.4 cm³/mol. The molecule has 0 aliphatic carbocycles. The quantitative estimate of drug-likeness (QED) is 0.540. The third-order valence-electron chi connectivity index (χ3n) is 2.64. The van der Waals surface area contributed by atoms with Crippen LogP contribution in [0.15, 0.2) is 12.2 Å². The number of piperidine rings is 1. The summed E-state index contributed by atoms with van der Waals surface area (Å²) in [6.07, 6.45) is 2.88. The zero-order valence-corrected chi connectivity index (χ0v) is 8.54. The lowest BCUT2D eigenvalue weighted by molar-refractivity contribution is -0.131. The van der Waals surface area contributed by atoms with E-state index in [1.807, 2.05) is 4.90 Å². The summed E-state index contributed by atoms with van der Waals surface area (Å²) < 4.78 is 0. The minimum atomic E-state index is -0.953. The number of carboxylic acids is 1. The number of aliphatic hydroxyl groups is 2. The van der Waals surface area contributed by atoms with Crippen LogP contribution in [0.3, 0.4) is 0 Å². The molecule has 1 rings (SSSR count). The van der Waals surface area contributed by atoms with Gasteiger partial charge in [-0.05, 0) is 6.42 Å². The minimum absolute atomic E-state index is 0.0275. The first-order valence-corrected chi connectivity index (χ1v) is 5.04. The summed E-state index contributed by atoms with van der Waals surface area (Å²) in [5.74, 6) is -1.07. The zero-order chi connectivity index (χ0) is 11.3. The number of hydrogen-bond donors (Lipinski definition) is 3. The van der Waals surface area contributed by atoms with Gasteiger partial charge in [-0.1, -0.05) is 6.08 Å². The highest BCUT2D eigenvalue weighted by molar-refractivity contribution is 5.79. The van der Waals surface area contributed by atoms with Crippen LogP contribution in [-0.4, -0.2) is 58.5 Å². The predicted octanol–water partition coefficient (Wildman–Crippen LogP) is -0.698. The van der Waals surface area contributed by atoms with Crippen molar-refractivity contribution >= 4 is 5.97 Å². The Labute approximate surface area is 88.6 Å². The van der Waals surface area contributed by atoms with Crippen molar-refractivity contribution in [3.8, 4) is 0 Å². The average molecular weight is 215 g/mol. The lowest BCUT2D eigenvalue weighted by atomic mass is 9.95. The molecule has 1 fully saturated rings. The Morgan fingerprint density at radius 3 is 2.87 bits per heavy atom. The fourth-order valence-electron chi connectivity index (χ4n) is 1.74. The number of nitrogens with zero attached hydrogens (tertiary/aromatic N) is 1. The molecule has 0 saturated carbocycles. The summed E-state index contributed by atoms with van der Waals surface area (Å²) in [4.78, 5) is 12.2. The fourth-order valence-corrected chi connectivity index (χ4v) is 1.74. The monoisotopic (exact) mass is 215 g/mol. The molecule has 5 heteroatoms. The van der Waals surface area contributed by atoms with Gasteiger partial charge in [-0.15, -0.1) is 0 Å². The first kappa shape index (κ1) is 12.2. The second-order valence-electron chi connectivity index (χ2n) is 3.80. The Morgan fingerprint density at radius 1 is 1.53 bits per heavy atom. The maximum absolute atomic E-state index is 10.2. The van der Waals surface area contributed by atoms with Crippen molar-refractivity contribution in [1.29, 1.82) is 0 Å². The number of hydrogen-bond acceptors (Lipinski definition) is 4. The molecule has 1 aliphatic rings. The second-order valence-corrected chi connectivity index (χ2v) is 3.80. The van der Waals surface area contributed by atoms with Crippen molar-refractivity contribution in [2.75, 3.05) is 26.2 Å². The summed E-state index contributed by atoms with van der Waals surface area (Å²) in [6.45, 7) is 1.87.